The van der Waals surface area contributed by atoms with Crippen molar-refractivity contribution < 1.29 is 14.4 Å². The van der Waals surface area contributed by atoms with E-state index in [9.17, 15) is 14.4 Å². The second kappa shape index (κ2) is 9.37. The van der Waals surface area contributed by atoms with E-state index in [1.165, 1.54) is 13.8 Å². The van der Waals surface area contributed by atoms with Crippen LogP contribution in [-0.2, 0) is 15.0 Å². The number of benzene rings is 2. The Balaban J connectivity index is 2.00. The molecule has 0 atom stereocenters. The lowest BCUT2D eigenvalue weighted by atomic mass is 9.87. The van der Waals surface area contributed by atoms with Crippen LogP contribution < -0.4 is 15.5 Å². The van der Waals surface area contributed by atoms with Gasteiger partial charge in [0.05, 0.1) is 0 Å². The average molecular weight is 396 g/mol. The van der Waals surface area contributed by atoms with Crippen LogP contribution in [0.1, 0.15) is 50.5 Å². The van der Waals surface area contributed by atoms with Crippen molar-refractivity contribution in [3.05, 3.63) is 59.7 Å². The van der Waals surface area contributed by atoms with E-state index in [4.69, 9.17) is 0 Å². The van der Waals surface area contributed by atoms with Gasteiger partial charge in [-0.15, -0.1) is 0 Å². The lowest BCUT2D eigenvalue weighted by Crippen LogP contribution is -2.37. The van der Waals surface area contributed by atoms with Crippen molar-refractivity contribution in [3.8, 4) is 0 Å². The molecule has 2 rings (SSSR count). The zero-order valence-electron chi connectivity index (χ0n) is 17.7. The van der Waals surface area contributed by atoms with E-state index in [-0.39, 0.29) is 23.1 Å². The molecule has 154 valence electrons. The van der Waals surface area contributed by atoms with Gasteiger partial charge in [0.2, 0.25) is 11.8 Å². The zero-order chi connectivity index (χ0) is 21.6. The molecule has 2 N–H and O–H groups in total. The van der Waals surface area contributed by atoms with Gasteiger partial charge in [0.1, 0.15) is 0 Å². The van der Waals surface area contributed by atoms with Crippen LogP contribution in [0.3, 0.4) is 0 Å². The van der Waals surface area contributed by atoms with Gasteiger partial charge in [-0.05, 0) is 41.3 Å². The van der Waals surface area contributed by atoms with Crippen LogP contribution >= 0.6 is 0 Å². The average Bonchev–Trinajstić information content (AvgIpc) is 2.64. The number of amides is 3. The lowest BCUT2D eigenvalue weighted by molar-refractivity contribution is -0.116. The van der Waals surface area contributed by atoms with E-state index >= 15 is 0 Å². The Morgan fingerprint density at radius 3 is 2.17 bits per heavy atom. The molecule has 0 radical (unpaired) electrons. The summed E-state index contributed by atoms with van der Waals surface area (Å²) in [5, 5.41) is 5.56. The molecular weight excluding hydrogens is 366 g/mol. The number of carbonyl (C=O) groups is 3. The van der Waals surface area contributed by atoms with Crippen molar-refractivity contribution in [2.75, 3.05) is 23.3 Å². The first-order chi connectivity index (χ1) is 13.6. The topological polar surface area (TPSA) is 78.5 Å². The van der Waals surface area contributed by atoms with E-state index in [1.54, 1.807) is 29.2 Å². The lowest BCUT2D eigenvalue weighted by Gasteiger charge is -2.22. The van der Waals surface area contributed by atoms with Gasteiger partial charge in [0.25, 0.3) is 5.91 Å². The SMILES string of the molecule is CC(=O)Nc1cccc(N(CCNC(=O)c2ccc(C(C)(C)C)cc2)C(C)=O)c1. The number of nitrogens with one attached hydrogen (secondary N) is 2. The molecule has 0 aliphatic carbocycles. The zero-order valence-corrected chi connectivity index (χ0v) is 17.7. The first-order valence-corrected chi connectivity index (χ1v) is 9.62. The maximum atomic E-state index is 12.4. The van der Waals surface area contributed by atoms with E-state index < -0.39 is 0 Å². The van der Waals surface area contributed by atoms with Crippen LogP contribution in [0, 0.1) is 0 Å². The Hall–Kier alpha value is -3.15. The molecule has 2 aromatic carbocycles. The van der Waals surface area contributed by atoms with Crippen molar-refractivity contribution in [1.82, 2.24) is 5.32 Å². The number of hydrogen-bond acceptors (Lipinski definition) is 3. The number of nitrogens with zero attached hydrogens (tertiary/aromatic N) is 1. The third-order valence-corrected chi connectivity index (χ3v) is 4.49. The van der Waals surface area contributed by atoms with Gasteiger partial charge in [0, 0.05) is 43.9 Å². The predicted molar refractivity (Wildman–Crippen MR) is 116 cm³/mol. The Labute approximate surface area is 172 Å². The summed E-state index contributed by atoms with van der Waals surface area (Å²) in [6.45, 7) is 9.91. The van der Waals surface area contributed by atoms with Crippen LogP contribution in [0.2, 0.25) is 0 Å². The molecule has 6 heteroatoms. The highest BCUT2D eigenvalue weighted by molar-refractivity contribution is 5.95. The molecule has 0 saturated carbocycles. The van der Waals surface area contributed by atoms with Gasteiger partial charge in [-0.2, -0.15) is 0 Å². The van der Waals surface area contributed by atoms with Gasteiger partial charge in [0.15, 0.2) is 0 Å². The number of rotatable bonds is 6. The fourth-order valence-corrected chi connectivity index (χ4v) is 2.93. The smallest absolute Gasteiger partial charge is 0.251 e. The molecule has 0 bridgehead atoms. The summed E-state index contributed by atoms with van der Waals surface area (Å²) in [6.07, 6.45) is 0. The van der Waals surface area contributed by atoms with Crippen LogP contribution in [-0.4, -0.2) is 30.8 Å². The molecule has 3 amide bonds. The van der Waals surface area contributed by atoms with Crippen molar-refractivity contribution in [2.45, 2.75) is 40.0 Å². The molecular formula is C23H29N3O3. The molecule has 0 unspecified atom stereocenters. The number of anilines is 2. The molecule has 0 fully saturated rings. The quantitative estimate of drug-likeness (QED) is 0.782. The van der Waals surface area contributed by atoms with Crippen molar-refractivity contribution >= 4 is 29.1 Å². The highest BCUT2D eigenvalue weighted by atomic mass is 16.2. The largest absolute Gasteiger partial charge is 0.350 e. The second-order valence-electron chi connectivity index (χ2n) is 7.99. The minimum Gasteiger partial charge on any atom is -0.350 e. The Morgan fingerprint density at radius 1 is 0.966 bits per heavy atom. The molecule has 2 aromatic rings. The molecule has 6 nitrogen and oxygen atoms in total. The van der Waals surface area contributed by atoms with Crippen LogP contribution in [0.4, 0.5) is 11.4 Å². The predicted octanol–water partition coefficient (Wildman–Crippen LogP) is 3.73. The van der Waals surface area contributed by atoms with Gasteiger partial charge >= 0.3 is 0 Å². The summed E-state index contributed by atoms with van der Waals surface area (Å²) in [4.78, 5) is 37.3. The Kier molecular flexibility index (Phi) is 7.15. The Morgan fingerprint density at radius 2 is 1.62 bits per heavy atom. The number of carbonyl (C=O) groups excluding carboxylic acids is 3. The van der Waals surface area contributed by atoms with Crippen molar-refractivity contribution in [2.24, 2.45) is 0 Å². The Bertz CT molecular complexity index is 883. The summed E-state index contributed by atoms with van der Waals surface area (Å²) in [7, 11) is 0. The second-order valence-corrected chi connectivity index (χ2v) is 7.99. The third kappa shape index (κ3) is 6.45. The summed E-state index contributed by atoms with van der Waals surface area (Å²) >= 11 is 0. The molecule has 0 aliphatic rings. The number of hydrogen-bond donors (Lipinski definition) is 2. The molecule has 0 saturated heterocycles. The van der Waals surface area contributed by atoms with Gasteiger partial charge < -0.3 is 15.5 Å². The normalized spacial score (nSPS) is 10.9. The highest BCUT2D eigenvalue weighted by Crippen LogP contribution is 2.22. The molecule has 0 aromatic heterocycles. The van der Waals surface area contributed by atoms with E-state index in [0.29, 0.717) is 30.0 Å². The van der Waals surface area contributed by atoms with E-state index in [2.05, 4.69) is 31.4 Å². The highest BCUT2D eigenvalue weighted by Gasteiger charge is 2.15. The van der Waals surface area contributed by atoms with Gasteiger partial charge in [-0.1, -0.05) is 39.0 Å². The summed E-state index contributed by atoms with van der Waals surface area (Å²) in [5.41, 5.74) is 3.05. The third-order valence-electron chi connectivity index (χ3n) is 4.49. The molecule has 29 heavy (non-hydrogen) atoms. The maximum absolute atomic E-state index is 12.4. The van der Waals surface area contributed by atoms with Crippen molar-refractivity contribution in [3.63, 3.8) is 0 Å². The van der Waals surface area contributed by atoms with Gasteiger partial charge in [-0.25, -0.2) is 0 Å². The van der Waals surface area contributed by atoms with Crippen LogP contribution in [0.5, 0.6) is 0 Å². The van der Waals surface area contributed by atoms with Gasteiger partial charge in [-0.3, -0.25) is 14.4 Å². The van der Waals surface area contributed by atoms with Crippen LogP contribution in [0.15, 0.2) is 48.5 Å². The standard InChI is InChI=1S/C23H29N3O3/c1-16(27)25-20-7-6-8-21(15-20)26(17(2)28)14-13-24-22(29)18-9-11-19(12-10-18)23(3,4)5/h6-12,15H,13-14H2,1-5H3,(H,24,29)(H,25,27). The van der Waals surface area contributed by atoms with E-state index in [1.807, 2.05) is 24.3 Å². The molecule has 0 heterocycles. The fourth-order valence-electron chi connectivity index (χ4n) is 2.93. The first kappa shape index (κ1) is 22.1. The fraction of sp³-hybridized carbons (Fsp3) is 0.348. The molecule has 0 aliphatic heterocycles. The maximum Gasteiger partial charge on any atom is 0.251 e. The monoisotopic (exact) mass is 395 g/mol. The summed E-state index contributed by atoms with van der Waals surface area (Å²) in [5.74, 6) is -0.504. The summed E-state index contributed by atoms with van der Waals surface area (Å²) < 4.78 is 0. The van der Waals surface area contributed by atoms with Crippen LogP contribution in [0.25, 0.3) is 0 Å². The first-order valence-electron chi connectivity index (χ1n) is 9.62. The van der Waals surface area contributed by atoms with E-state index in [0.717, 1.165) is 5.56 Å². The summed E-state index contributed by atoms with van der Waals surface area (Å²) in [6, 6.07) is 14.6. The van der Waals surface area contributed by atoms with Crippen molar-refractivity contribution in [1.29, 1.82) is 0 Å². The molecule has 0 spiro atoms. The minimum absolute atomic E-state index is 0.0305. The minimum atomic E-state index is -0.180.